The van der Waals surface area contributed by atoms with Crippen molar-refractivity contribution < 1.29 is 14.2 Å². The van der Waals surface area contributed by atoms with E-state index in [9.17, 15) is 9.50 Å². The first-order valence-electron chi connectivity index (χ1n) is 10.1. The summed E-state index contributed by atoms with van der Waals surface area (Å²) in [5.74, 6) is 0.697. The molecule has 156 valence electrons. The van der Waals surface area contributed by atoms with Crippen LogP contribution in [-0.2, 0) is 11.2 Å². The van der Waals surface area contributed by atoms with E-state index in [1.807, 2.05) is 18.3 Å². The molecular formula is C22H23FN4O2S. The number of aromatic nitrogens is 2. The minimum absolute atomic E-state index is 0.225. The number of rotatable bonds is 6. The van der Waals surface area contributed by atoms with Gasteiger partial charge in [-0.2, -0.15) is 0 Å². The Hall–Kier alpha value is -2.39. The van der Waals surface area contributed by atoms with Crippen molar-refractivity contribution in [3.63, 3.8) is 0 Å². The van der Waals surface area contributed by atoms with E-state index in [4.69, 9.17) is 4.74 Å². The van der Waals surface area contributed by atoms with Crippen LogP contribution < -0.4 is 5.32 Å². The number of hydrogen-bond acceptors (Lipinski definition) is 7. The normalized spacial score (nSPS) is 22.2. The van der Waals surface area contributed by atoms with E-state index < -0.39 is 0 Å². The number of aliphatic hydroxyl groups excluding tert-OH is 1. The molecule has 2 N–H and O–H groups in total. The van der Waals surface area contributed by atoms with Gasteiger partial charge in [0, 0.05) is 31.4 Å². The fourth-order valence-corrected chi connectivity index (χ4v) is 4.76. The number of thiazole rings is 1. The molecule has 0 amide bonds. The summed E-state index contributed by atoms with van der Waals surface area (Å²) in [4.78, 5) is 12.2. The zero-order valence-corrected chi connectivity index (χ0v) is 17.2. The van der Waals surface area contributed by atoms with Gasteiger partial charge >= 0.3 is 0 Å². The number of β-amino-alcohol motifs (C(OH)–C–C–N with tert-alkyl or cyclic N) is 1. The Labute approximate surface area is 178 Å². The summed E-state index contributed by atoms with van der Waals surface area (Å²) in [6.07, 6.45) is 4.14. The first-order valence-corrected chi connectivity index (χ1v) is 10.9. The van der Waals surface area contributed by atoms with Crippen LogP contribution in [0.5, 0.6) is 0 Å². The number of halogens is 1. The lowest BCUT2D eigenvalue weighted by atomic mass is 9.98. The van der Waals surface area contributed by atoms with Gasteiger partial charge in [0.1, 0.15) is 11.6 Å². The highest BCUT2D eigenvalue weighted by atomic mass is 32.1. The molecule has 6 nitrogen and oxygen atoms in total. The smallest absolute Gasteiger partial charge is 0.188 e. The van der Waals surface area contributed by atoms with Crippen LogP contribution in [0.1, 0.15) is 5.56 Å². The van der Waals surface area contributed by atoms with Crippen LogP contribution in [0.15, 0.2) is 48.8 Å². The third-order valence-electron chi connectivity index (χ3n) is 5.76. The molecule has 4 heterocycles. The highest BCUT2D eigenvalue weighted by molar-refractivity contribution is 7.18. The highest BCUT2D eigenvalue weighted by Crippen LogP contribution is 2.31. The molecule has 0 unspecified atom stereocenters. The molecule has 8 heteroatoms. The van der Waals surface area contributed by atoms with Crippen molar-refractivity contribution in [2.45, 2.75) is 18.6 Å². The summed E-state index contributed by atoms with van der Waals surface area (Å²) in [7, 11) is 0. The number of likely N-dealkylation sites (tertiary alicyclic amines) is 1. The van der Waals surface area contributed by atoms with Crippen molar-refractivity contribution in [1.29, 1.82) is 0 Å². The van der Waals surface area contributed by atoms with Gasteiger partial charge in [0.05, 0.1) is 30.2 Å². The van der Waals surface area contributed by atoms with Crippen molar-refractivity contribution in [2.75, 3.05) is 31.6 Å². The third kappa shape index (κ3) is 4.22. The van der Waals surface area contributed by atoms with Crippen LogP contribution in [0.3, 0.4) is 0 Å². The molecule has 2 fully saturated rings. The van der Waals surface area contributed by atoms with Crippen LogP contribution in [0.4, 0.5) is 15.3 Å². The average molecular weight is 427 g/mol. The van der Waals surface area contributed by atoms with E-state index in [1.54, 1.807) is 18.3 Å². The van der Waals surface area contributed by atoms with Crippen LogP contribution in [0.2, 0.25) is 0 Å². The lowest BCUT2D eigenvalue weighted by Gasteiger charge is -2.34. The lowest BCUT2D eigenvalue weighted by molar-refractivity contribution is -0.0601. The lowest BCUT2D eigenvalue weighted by Crippen LogP contribution is -2.48. The Morgan fingerprint density at radius 2 is 1.93 bits per heavy atom. The molecule has 2 saturated heterocycles. The molecule has 0 spiro atoms. The van der Waals surface area contributed by atoms with Gasteiger partial charge in [0.15, 0.2) is 5.13 Å². The molecule has 2 aliphatic heterocycles. The molecular weight excluding hydrogens is 403 g/mol. The van der Waals surface area contributed by atoms with Crippen molar-refractivity contribution in [3.8, 4) is 10.4 Å². The number of anilines is 2. The van der Waals surface area contributed by atoms with E-state index in [0.29, 0.717) is 6.04 Å². The number of pyridine rings is 1. The van der Waals surface area contributed by atoms with Gasteiger partial charge in [0.25, 0.3) is 0 Å². The minimum atomic E-state index is -0.302. The second-order valence-corrected chi connectivity index (χ2v) is 8.92. The summed E-state index contributed by atoms with van der Waals surface area (Å²) in [5, 5.41) is 14.4. The number of aliphatic hydroxyl groups is 1. The summed E-state index contributed by atoms with van der Waals surface area (Å²) in [6.45, 7) is 3.19. The monoisotopic (exact) mass is 426 g/mol. The molecule has 1 aromatic carbocycles. The second-order valence-electron chi connectivity index (χ2n) is 7.89. The van der Waals surface area contributed by atoms with Gasteiger partial charge in [-0.05, 0) is 35.7 Å². The fourth-order valence-electron chi connectivity index (χ4n) is 3.93. The van der Waals surface area contributed by atoms with Crippen molar-refractivity contribution in [3.05, 3.63) is 60.2 Å². The summed E-state index contributed by atoms with van der Waals surface area (Å²) in [5.41, 5.74) is 2.05. The maximum Gasteiger partial charge on any atom is 0.188 e. The zero-order valence-electron chi connectivity index (χ0n) is 16.4. The zero-order chi connectivity index (χ0) is 20.5. The van der Waals surface area contributed by atoms with Crippen molar-refractivity contribution in [2.24, 2.45) is 5.92 Å². The van der Waals surface area contributed by atoms with Crippen LogP contribution >= 0.6 is 11.3 Å². The Morgan fingerprint density at radius 3 is 2.63 bits per heavy atom. The third-order valence-corrected chi connectivity index (χ3v) is 6.73. The quantitative estimate of drug-likeness (QED) is 0.630. The Bertz CT molecular complexity index is 991. The summed E-state index contributed by atoms with van der Waals surface area (Å²) >= 11 is 1.49. The topological polar surface area (TPSA) is 70.5 Å². The van der Waals surface area contributed by atoms with E-state index in [-0.39, 0.29) is 17.8 Å². The molecule has 0 bridgehead atoms. The molecule has 0 aliphatic carbocycles. The molecule has 0 saturated carbocycles. The molecule has 30 heavy (non-hydrogen) atoms. The van der Waals surface area contributed by atoms with E-state index in [1.165, 1.54) is 23.5 Å². The minimum Gasteiger partial charge on any atom is -0.391 e. The Morgan fingerprint density at radius 1 is 1.10 bits per heavy atom. The Balaban J connectivity index is 1.19. The number of nitrogens with zero attached hydrogens (tertiary/aromatic N) is 3. The van der Waals surface area contributed by atoms with Crippen molar-refractivity contribution in [1.82, 2.24) is 14.9 Å². The number of nitrogens with one attached hydrogen (secondary N) is 1. The Kier molecular flexibility index (Phi) is 5.47. The first kappa shape index (κ1) is 19.6. The van der Waals surface area contributed by atoms with Gasteiger partial charge in [-0.3, -0.25) is 4.90 Å². The molecule has 2 atom stereocenters. The number of hydrogen-bond donors (Lipinski definition) is 2. The summed E-state index contributed by atoms with van der Waals surface area (Å²) < 4.78 is 18.4. The van der Waals surface area contributed by atoms with Crippen LogP contribution in [0, 0.1) is 11.7 Å². The standard InChI is InChI=1S/C22H23FN4O2S/c23-17-4-2-15(3-5-17)20-9-25-22(30-20)26-21-6-1-14(8-24-21)7-16-10-27(11-19(16)28)18-12-29-13-18/h1-6,8-9,16,18-19,28H,7,10-13H2,(H,24,25,26)/t16-,19+/m1/s1. The first-order chi connectivity index (χ1) is 14.6. The summed E-state index contributed by atoms with van der Waals surface area (Å²) in [6, 6.07) is 10.8. The average Bonchev–Trinajstić information content (AvgIpc) is 3.30. The van der Waals surface area contributed by atoms with Gasteiger partial charge in [0.2, 0.25) is 0 Å². The maximum absolute atomic E-state index is 13.1. The number of ether oxygens (including phenoxy) is 1. The molecule has 2 aliphatic rings. The van der Waals surface area contributed by atoms with E-state index >= 15 is 0 Å². The van der Waals surface area contributed by atoms with Gasteiger partial charge in [-0.15, -0.1) is 0 Å². The van der Waals surface area contributed by atoms with E-state index in [2.05, 4.69) is 20.2 Å². The predicted molar refractivity (Wildman–Crippen MR) is 114 cm³/mol. The highest BCUT2D eigenvalue weighted by Gasteiger charge is 2.37. The molecule has 5 rings (SSSR count). The largest absolute Gasteiger partial charge is 0.391 e. The van der Waals surface area contributed by atoms with Gasteiger partial charge in [-0.25, -0.2) is 14.4 Å². The fraction of sp³-hybridized carbons (Fsp3) is 0.364. The SMILES string of the molecule is O[C@H]1CN(C2COC2)C[C@H]1Cc1ccc(Nc2ncc(-c3ccc(F)cc3)s2)nc1. The van der Waals surface area contributed by atoms with Gasteiger partial charge < -0.3 is 15.2 Å². The second kappa shape index (κ2) is 8.39. The van der Waals surface area contributed by atoms with E-state index in [0.717, 1.165) is 59.7 Å². The van der Waals surface area contributed by atoms with Crippen LogP contribution in [0.25, 0.3) is 10.4 Å². The molecule has 0 radical (unpaired) electrons. The van der Waals surface area contributed by atoms with Crippen molar-refractivity contribution >= 4 is 22.3 Å². The predicted octanol–water partition coefficient (Wildman–Crippen LogP) is 3.32. The number of benzene rings is 1. The molecule has 3 aromatic rings. The molecule has 2 aromatic heterocycles. The maximum atomic E-state index is 13.1. The van der Waals surface area contributed by atoms with Crippen LogP contribution in [-0.4, -0.2) is 58.4 Å². The van der Waals surface area contributed by atoms with Gasteiger partial charge in [-0.1, -0.05) is 29.5 Å².